The number of benzene rings is 1. The van der Waals surface area contributed by atoms with Gasteiger partial charge in [0.1, 0.15) is 0 Å². The van der Waals surface area contributed by atoms with E-state index in [4.69, 9.17) is 0 Å². The smallest absolute Gasteiger partial charge is 0.317 e. The predicted octanol–water partition coefficient (Wildman–Crippen LogP) is 3.40. The highest BCUT2D eigenvalue weighted by atomic mass is 16.2. The Morgan fingerprint density at radius 1 is 1.00 bits per heavy atom. The van der Waals surface area contributed by atoms with Gasteiger partial charge < -0.3 is 15.1 Å². The Morgan fingerprint density at radius 2 is 1.64 bits per heavy atom. The van der Waals surface area contributed by atoms with Crippen molar-refractivity contribution in [1.29, 1.82) is 0 Å². The number of likely N-dealkylation sites (tertiary alicyclic amines) is 1. The van der Waals surface area contributed by atoms with E-state index in [2.05, 4.69) is 5.32 Å². The van der Waals surface area contributed by atoms with Crippen LogP contribution in [0.2, 0.25) is 0 Å². The number of nitrogens with one attached hydrogen (secondary N) is 1. The third-order valence-corrected chi connectivity index (χ3v) is 5.54. The molecular formula is C20H29N3O2. The molecule has 136 valence electrons. The van der Waals surface area contributed by atoms with E-state index < -0.39 is 0 Å². The number of para-hydroxylation sites is 1. The van der Waals surface area contributed by atoms with Crippen LogP contribution in [0.5, 0.6) is 0 Å². The molecular weight excluding hydrogens is 314 g/mol. The highest BCUT2D eigenvalue weighted by Crippen LogP contribution is 2.23. The molecule has 0 aromatic heterocycles. The molecule has 1 aromatic carbocycles. The van der Waals surface area contributed by atoms with Gasteiger partial charge in [-0.1, -0.05) is 37.5 Å². The predicted molar refractivity (Wildman–Crippen MR) is 99.6 cm³/mol. The average Bonchev–Trinajstić information content (AvgIpc) is 2.68. The molecule has 1 saturated carbocycles. The molecule has 0 radical (unpaired) electrons. The minimum absolute atomic E-state index is 0.00365. The van der Waals surface area contributed by atoms with Gasteiger partial charge in [0, 0.05) is 37.8 Å². The summed E-state index contributed by atoms with van der Waals surface area (Å²) in [7, 11) is 1.83. The number of carbonyl (C=O) groups excluding carboxylic acids is 2. The molecule has 3 amide bonds. The number of piperidine rings is 1. The van der Waals surface area contributed by atoms with E-state index in [-0.39, 0.29) is 17.9 Å². The Balaban J connectivity index is 1.47. The van der Waals surface area contributed by atoms with Gasteiger partial charge in [0.15, 0.2) is 0 Å². The Bertz CT molecular complexity index is 576. The van der Waals surface area contributed by atoms with Gasteiger partial charge >= 0.3 is 6.03 Å². The fourth-order valence-electron chi connectivity index (χ4n) is 3.90. The van der Waals surface area contributed by atoms with Crippen molar-refractivity contribution in [3.05, 3.63) is 30.3 Å². The van der Waals surface area contributed by atoms with E-state index in [9.17, 15) is 9.59 Å². The first-order valence-corrected chi connectivity index (χ1v) is 9.53. The number of rotatable bonds is 3. The van der Waals surface area contributed by atoms with Gasteiger partial charge in [-0.2, -0.15) is 0 Å². The summed E-state index contributed by atoms with van der Waals surface area (Å²) in [6.07, 6.45) is 7.41. The molecule has 0 unspecified atom stereocenters. The third-order valence-electron chi connectivity index (χ3n) is 5.54. The number of amides is 3. The number of anilines is 1. The SMILES string of the molecule is CN(C(=O)C1CCN(C(=O)NC2CCCCC2)CC1)c1ccccc1. The van der Waals surface area contributed by atoms with Crippen LogP contribution in [0.1, 0.15) is 44.9 Å². The van der Waals surface area contributed by atoms with Crippen molar-refractivity contribution in [3.8, 4) is 0 Å². The zero-order chi connectivity index (χ0) is 17.6. The van der Waals surface area contributed by atoms with Gasteiger partial charge in [-0.15, -0.1) is 0 Å². The van der Waals surface area contributed by atoms with Crippen molar-refractivity contribution in [2.45, 2.75) is 51.0 Å². The summed E-state index contributed by atoms with van der Waals surface area (Å²) >= 11 is 0. The van der Waals surface area contributed by atoms with Crippen molar-refractivity contribution in [3.63, 3.8) is 0 Å². The number of nitrogens with zero attached hydrogens (tertiary/aromatic N) is 2. The number of hydrogen-bond donors (Lipinski definition) is 1. The third kappa shape index (κ3) is 4.53. The topological polar surface area (TPSA) is 52.7 Å². The van der Waals surface area contributed by atoms with Gasteiger partial charge in [-0.3, -0.25) is 4.79 Å². The molecule has 1 saturated heterocycles. The molecule has 5 nitrogen and oxygen atoms in total. The lowest BCUT2D eigenvalue weighted by atomic mass is 9.94. The van der Waals surface area contributed by atoms with E-state index in [1.54, 1.807) is 4.90 Å². The lowest BCUT2D eigenvalue weighted by Gasteiger charge is -2.34. The normalized spacial score (nSPS) is 19.5. The Kier molecular flexibility index (Phi) is 5.95. The minimum Gasteiger partial charge on any atom is -0.335 e. The molecule has 0 spiro atoms. The quantitative estimate of drug-likeness (QED) is 0.914. The van der Waals surface area contributed by atoms with Crippen molar-refractivity contribution >= 4 is 17.6 Å². The zero-order valence-corrected chi connectivity index (χ0v) is 15.1. The zero-order valence-electron chi connectivity index (χ0n) is 15.1. The summed E-state index contributed by atoms with van der Waals surface area (Å²) in [5.74, 6) is 0.155. The molecule has 1 heterocycles. The van der Waals surface area contributed by atoms with Crippen molar-refractivity contribution in [1.82, 2.24) is 10.2 Å². The van der Waals surface area contributed by atoms with Crippen LogP contribution >= 0.6 is 0 Å². The van der Waals surface area contributed by atoms with Gasteiger partial charge in [0.25, 0.3) is 0 Å². The molecule has 1 N–H and O–H groups in total. The molecule has 3 rings (SSSR count). The van der Waals surface area contributed by atoms with Gasteiger partial charge in [-0.05, 0) is 37.8 Å². The van der Waals surface area contributed by atoms with E-state index in [0.29, 0.717) is 19.1 Å². The van der Waals surface area contributed by atoms with Crippen LogP contribution in [0.15, 0.2) is 30.3 Å². The summed E-state index contributed by atoms with van der Waals surface area (Å²) in [5.41, 5.74) is 0.921. The molecule has 2 fully saturated rings. The van der Waals surface area contributed by atoms with Crippen LogP contribution in [-0.4, -0.2) is 43.0 Å². The largest absolute Gasteiger partial charge is 0.335 e. The molecule has 25 heavy (non-hydrogen) atoms. The van der Waals surface area contributed by atoms with Crippen molar-refractivity contribution in [2.24, 2.45) is 5.92 Å². The first-order chi connectivity index (χ1) is 12.1. The number of urea groups is 1. The Morgan fingerprint density at radius 3 is 2.28 bits per heavy atom. The summed E-state index contributed by atoms with van der Waals surface area (Å²) in [4.78, 5) is 28.7. The van der Waals surface area contributed by atoms with Crippen LogP contribution < -0.4 is 10.2 Å². The second-order valence-electron chi connectivity index (χ2n) is 7.28. The first kappa shape index (κ1) is 17.8. The molecule has 1 aromatic rings. The second-order valence-corrected chi connectivity index (χ2v) is 7.28. The maximum atomic E-state index is 12.7. The molecule has 1 aliphatic heterocycles. The molecule has 5 heteroatoms. The first-order valence-electron chi connectivity index (χ1n) is 9.53. The van der Waals surface area contributed by atoms with Crippen LogP contribution in [0.3, 0.4) is 0 Å². The van der Waals surface area contributed by atoms with E-state index in [0.717, 1.165) is 31.4 Å². The maximum Gasteiger partial charge on any atom is 0.317 e. The van der Waals surface area contributed by atoms with Gasteiger partial charge in [0.05, 0.1) is 0 Å². The van der Waals surface area contributed by atoms with Gasteiger partial charge in [-0.25, -0.2) is 4.79 Å². The van der Waals surface area contributed by atoms with E-state index in [1.165, 1.54) is 19.3 Å². The lowest BCUT2D eigenvalue weighted by Crippen LogP contribution is -2.49. The fraction of sp³-hybridized carbons (Fsp3) is 0.600. The van der Waals surface area contributed by atoms with Crippen molar-refractivity contribution in [2.75, 3.05) is 25.0 Å². The Hall–Kier alpha value is -2.04. The highest BCUT2D eigenvalue weighted by molar-refractivity contribution is 5.94. The summed E-state index contributed by atoms with van der Waals surface area (Å²) < 4.78 is 0. The fourth-order valence-corrected chi connectivity index (χ4v) is 3.90. The van der Waals surface area contributed by atoms with E-state index in [1.807, 2.05) is 42.3 Å². The average molecular weight is 343 g/mol. The highest BCUT2D eigenvalue weighted by Gasteiger charge is 2.30. The van der Waals surface area contributed by atoms with Crippen LogP contribution in [0.25, 0.3) is 0 Å². The standard InChI is InChI=1S/C20H29N3O2/c1-22(18-10-6-3-7-11-18)19(24)16-12-14-23(15-13-16)20(25)21-17-8-4-2-5-9-17/h3,6-7,10-11,16-17H,2,4-5,8-9,12-15H2,1H3,(H,21,25). The Labute approximate surface area is 150 Å². The van der Waals surface area contributed by atoms with Gasteiger partial charge in [0.2, 0.25) is 5.91 Å². The molecule has 1 aliphatic carbocycles. The van der Waals surface area contributed by atoms with Crippen LogP contribution in [-0.2, 0) is 4.79 Å². The second kappa shape index (κ2) is 8.37. The number of hydrogen-bond acceptors (Lipinski definition) is 2. The van der Waals surface area contributed by atoms with Crippen molar-refractivity contribution < 1.29 is 9.59 Å². The maximum absolute atomic E-state index is 12.7. The molecule has 2 aliphatic rings. The minimum atomic E-state index is 0.00365. The summed E-state index contributed by atoms with van der Waals surface area (Å²) in [5, 5.41) is 3.17. The summed E-state index contributed by atoms with van der Waals surface area (Å²) in [6.45, 7) is 1.33. The number of carbonyl (C=O) groups is 2. The monoisotopic (exact) mass is 343 g/mol. The molecule has 0 bridgehead atoms. The van der Waals surface area contributed by atoms with E-state index >= 15 is 0 Å². The lowest BCUT2D eigenvalue weighted by molar-refractivity contribution is -0.123. The summed E-state index contributed by atoms with van der Waals surface area (Å²) in [6, 6.07) is 10.1. The van der Waals surface area contributed by atoms with Crippen LogP contribution in [0.4, 0.5) is 10.5 Å². The van der Waals surface area contributed by atoms with Crippen LogP contribution in [0, 0.1) is 5.92 Å². The molecule has 0 atom stereocenters.